The van der Waals surface area contributed by atoms with E-state index in [1.807, 2.05) is 13.0 Å². The molecule has 0 aliphatic carbocycles. The molecule has 0 saturated carbocycles. The molecule has 21 heavy (non-hydrogen) atoms. The molecule has 6 heteroatoms. The molecule has 0 aliphatic rings. The van der Waals surface area contributed by atoms with Gasteiger partial charge in [0, 0.05) is 34.8 Å². The molecule has 0 amide bonds. The summed E-state index contributed by atoms with van der Waals surface area (Å²) in [7, 11) is 0. The zero-order valence-corrected chi connectivity index (χ0v) is 12.9. The molecule has 2 aromatic carbocycles. The number of benzene rings is 2. The maximum atomic E-state index is 10.6. The van der Waals surface area contributed by atoms with Gasteiger partial charge < -0.3 is 5.32 Å². The molecular weight excluding hydrogens is 311 g/mol. The van der Waals surface area contributed by atoms with E-state index in [4.69, 9.17) is 23.2 Å². The van der Waals surface area contributed by atoms with E-state index < -0.39 is 4.92 Å². The number of nitrogens with zero attached hydrogens (tertiary/aromatic N) is 1. The van der Waals surface area contributed by atoms with Crippen LogP contribution in [-0.4, -0.2) is 4.92 Å². The van der Waals surface area contributed by atoms with Crippen LogP contribution in [0.2, 0.25) is 10.0 Å². The Balaban J connectivity index is 2.00. The number of halogens is 2. The standard InChI is InChI=1S/C15H14Cl2N2O2/c1-10(14-7-4-12(16)8-15(14)17)18-9-11-2-5-13(6-3-11)19(20)21/h2-8,10,18H,9H2,1H3. The molecule has 1 atom stereocenters. The Morgan fingerprint density at radius 3 is 2.43 bits per heavy atom. The van der Waals surface area contributed by atoms with Gasteiger partial charge in [0.25, 0.3) is 5.69 Å². The lowest BCUT2D eigenvalue weighted by atomic mass is 10.1. The molecule has 0 fully saturated rings. The van der Waals surface area contributed by atoms with Crippen LogP contribution in [0.4, 0.5) is 5.69 Å². The van der Waals surface area contributed by atoms with Gasteiger partial charge in [0.1, 0.15) is 0 Å². The van der Waals surface area contributed by atoms with Crippen molar-refractivity contribution in [3.05, 3.63) is 73.8 Å². The third-order valence-electron chi connectivity index (χ3n) is 3.19. The third kappa shape index (κ3) is 4.17. The molecule has 0 radical (unpaired) electrons. The van der Waals surface area contributed by atoms with Crippen molar-refractivity contribution in [1.82, 2.24) is 5.32 Å². The summed E-state index contributed by atoms with van der Waals surface area (Å²) >= 11 is 12.0. The van der Waals surface area contributed by atoms with Gasteiger partial charge in [-0.15, -0.1) is 0 Å². The summed E-state index contributed by atoms with van der Waals surface area (Å²) in [5.41, 5.74) is 2.02. The fraction of sp³-hybridized carbons (Fsp3) is 0.200. The first-order valence-electron chi connectivity index (χ1n) is 6.39. The molecule has 0 aliphatic heterocycles. The highest BCUT2D eigenvalue weighted by Gasteiger charge is 2.10. The second-order valence-corrected chi connectivity index (χ2v) is 5.54. The number of nitro groups is 1. The molecule has 0 heterocycles. The van der Waals surface area contributed by atoms with Crippen molar-refractivity contribution in [2.45, 2.75) is 19.5 Å². The summed E-state index contributed by atoms with van der Waals surface area (Å²) in [4.78, 5) is 10.2. The predicted molar refractivity (Wildman–Crippen MR) is 84.8 cm³/mol. The lowest BCUT2D eigenvalue weighted by Crippen LogP contribution is -2.18. The van der Waals surface area contributed by atoms with Crippen LogP contribution in [0.5, 0.6) is 0 Å². The number of rotatable bonds is 5. The van der Waals surface area contributed by atoms with E-state index in [0.717, 1.165) is 11.1 Å². The highest BCUT2D eigenvalue weighted by Crippen LogP contribution is 2.26. The van der Waals surface area contributed by atoms with Crippen LogP contribution < -0.4 is 5.32 Å². The summed E-state index contributed by atoms with van der Waals surface area (Å²) in [5.74, 6) is 0. The SMILES string of the molecule is CC(NCc1ccc([N+](=O)[O-])cc1)c1ccc(Cl)cc1Cl. The average molecular weight is 325 g/mol. The first-order valence-corrected chi connectivity index (χ1v) is 7.14. The van der Waals surface area contributed by atoms with Crippen LogP contribution in [0.1, 0.15) is 24.1 Å². The van der Waals surface area contributed by atoms with E-state index in [0.29, 0.717) is 16.6 Å². The van der Waals surface area contributed by atoms with Gasteiger partial charge in [-0.2, -0.15) is 0 Å². The van der Waals surface area contributed by atoms with E-state index >= 15 is 0 Å². The molecule has 0 saturated heterocycles. The van der Waals surface area contributed by atoms with Gasteiger partial charge in [0.15, 0.2) is 0 Å². The van der Waals surface area contributed by atoms with Crippen molar-refractivity contribution >= 4 is 28.9 Å². The first-order chi connectivity index (χ1) is 9.97. The third-order valence-corrected chi connectivity index (χ3v) is 3.75. The maximum Gasteiger partial charge on any atom is 0.269 e. The summed E-state index contributed by atoms with van der Waals surface area (Å²) < 4.78 is 0. The normalized spacial score (nSPS) is 12.1. The second-order valence-electron chi connectivity index (χ2n) is 4.69. The molecule has 0 aromatic heterocycles. The highest BCUT2D eigenvalue weighted by atomic mass is 35.5. The minimum atomic E-state index is -0.409. The highest BCUT2D eigenvalue weighted by molar-refractivity contribution is 6.35. The lowest BCUT2D eigenvalue weighted by Gasteiger charge is -2.16. The molecular formula is C15H14Cl2N2O2. The first kappa shape index (κ1) is 15.8. The average Bonchev–Trinajstić information content (AvgIpc) is 2.45. The van der Waals surface area contributed by atoms with Crippen LogP contribution in [-0.2, 0) is 6.54 Å². The largest absolute Gasteiger partial charge is 0.306 e. The van der Waals surface area contributed by atoms with Crippen LogP contribution in [0.15, 0.2) is 42.5 Å². The van der Waals surface area contributed by atoms with E-state index in [1.54, 1.807) is 24.3 Å². The Morgan fingerprint density at radius 1 is 1.19 bits per heavy atom. The van der Waals surface area contributed by atoms with Crippen LogP contribution in [0.3, 0.4) is 0 Å². The van der Waals surface area contributed by atoms with Crippen molar-refractivity contribution in [2.24, 2.45) is 0 Å². The van der Waals surface area contributed by atoms with Crippen molar-refractivity contribution in [3.8, 4) is 0 Å². The predicted octanol–water partition coefficient (Wildman–Crippen LogP) is 4.75. The smallest absolute Gasteiger partial charge is 0.269 e. The van der Waals surface area contributed by atoms with Gasteiger partial charge in [-0.3, -0.25) is 10.1 Å². The van der Waals surface area contributed by atoms with Gasteiger partial charge in [-0.05, 0) is 30.2 Å². The minimum absolute atomic E-state index is 0.0463. The summed E-state index contributed by atoms with van der Waals surface area (Å²) in [6.45, 7) is 2.60. The van der Waals surface area contributed by atoms with Crippen molar-refractivity contribution in [1.29, 1.82) is 0 Å². The van der Waals surface area contributed by atoms with E-state index in [9.17, 15) is 10.1 Å². The zero-order valence-electron chi connectivity index (χ0n) is 11.3. The van der Waals surface area contributed by atoms with Gasteiger partial charge in [0.2, 0.25) is 0 Å². The van der Waals surface area contributed by atoms with Crippen molar-refractivity contribution < 1.29 is 4.92 Å². The monoisotopic (exact) mass is 324 g/mol. The van der Waals surface area contributed by atoms with Gasteiger partial charge in [-0.25, -0.2) is 0 Å². The minimum Gasteiger partial charge on any atom is -0.306 e. The maximum absolute atomic E-state index is 10.6. The van der Waals surface area contributed by atoms with E-state index in [-0.39, 0.29) is 11.7 Å². The quantitative estimate of drug-likeness (QED) is 0.637. The molecule has 1 unspecified atom stereocenters. The van der Waals surface area contributed by atoms with Crippen LogP contribution >= 0.6 is 23.2 Å². The fourth-order valence-corrected chi connectivity index (χ4v) is 2.54. The molecule has 1 N–H and O–H groups in total. The zero-order chi connectivity index (χ0) is 15.4. The lowest BCUT2D eigenvalue weighted by molar-refractivity contribution is -0.384. The summed E-state index contributed by atoms with van der Waals surface area (Å²) in [5, 5.41) is 15.1. The summed E-state index contributed by atoms with van der Waals surface area (Å²) in [6, 6.07) is 11.9. The number of non-ortho nitro benzene ring substituents is 1. The Kier molecular flexibility index (Phi) is 5.17. The Morgan fingerprint density at radius 2 is 1.86 bits per heavy atom. The molecule has 4 nitrogen and oxygen atoms in total. The Labute approximate surface area is 132 Å². The van der Waals surface area contributed by atoms with Crippen molar-refractivity contribution in [3.63, 3.8) is 0 Å². The fourth-order valence-electron chi connectivity index (χ4n) is 1.97. The number of hydrogen-bond donors (Lipinski definition) is 1. The molecule has 110 valence electrons. The molecule has 2 rings (SSSR count). The van der Waals surface area contributed by atoms with Crippen molar-refractivity contribution in [2.75, 3.05) is 0 Å². The molecule has 0 bridgehead atoms. The van der Waals surface area contributed by atoms with Gasteiger partial charge >= 0.3 is 0 Å². The molecule has 2 aromatic rings. The van der Waals surface area contributed by atoms with Crippen LogP contribution in [0.25, 0.3) is 0 Å². The van der Waals surface area contributed by atoms with Gasteiger partial charge in [-0.1, -0.05) is 41.4 Å². The molecule has 0 spiro atoms. The second kappa shape index (κ2) is 6.89. The topological polar surface area (TPSA) is 55.2 Å². The van der Waals surface area contributed by atoms with Crippen LogP contribution in [0, 0.1) is 10.1 Å². The Bertz CT molecular complexity index is 645. The number of nitrogens with one attached hydrogen (secondary N) is 1. The number of nitro benzene ring substituents is 1. The summed E-state index contributed by atoms with van der Waals surface area (Å²) in [6.07, 6.45) is 0. The number of hydrogen-bond acceptors (Lipinski definition) is 3. The van der Waals surface area contributed by atoms with Gasteiger partial charge in [0.05, 0.1) is 4.92 Å². The van der Waals surface area contributed by atoms with E-state index in [1.165, 1.54) is 12.1 Å². The van der Waals surface area contributed by atoms with E-state index in [2.05, 4.69) is 5.32 Å². The Hall–Kier alpha value is -1.62.